The van der Waals surface area contributed by atoms with Crippen molar-refractivity contribution < 1.29 is 22.7 Å². The molecule has 4 rings (SSSR count). The third-order valence-corrected chi connectivity index (χ3v) is 9.21. The zero-order valence-electron chi connectivity index (χ0n) is 25.6. The van der Waals surface area contributed by atoms with Crippen molar-refractivity contribution in [2.24, 2.45) is 0 Å². The van der Waals surface area contributed by atoms with E-state index in [9.17, 15) is 18.0 Å². The first-order valence-electron chi connectivity index (χ1n) is 14.8. The van der Waals surface area contributed by atoms with Gasteiger partial charge < -0.3 is 15.0 Å². The Morgan fingerprint density at radius 2 is 1.53 bits per heavy atom. The summed E-state index contributed by atoms with van der Waals surface area (Å²) in [5.74, 6) is -0.349. The van der Waals surface area contributed by atoms with Gasteiger partial charge in [-0.2, -0.15) is 0 Å². The monoisotopic (exact) mass is 647 g/mol. The van der Waals surface area contributed by atoms with Gasteiger partial charge in [0.1, 0.15) is 18.3 Å². The van der Waals surface area contributed by atoms with Crippen LogP contribution < -0.4 is 14.4 Å². The van der Waals surface area contributed by atoms with Crippen LogP contribution in [-0.2, 0) is 32.6 Å². The summed E-state index contributed by atoms with van der Waals surface area (Å²) in [5, 5.41) is 3.34. The lowest BCUT2D eigenvalue weighted by Crippen LogP contribution is -2.53. The van der Waals surface area contributed by atoms with E-state index in [0.29, 0.717) is 35.2 Å². The SMILES string of the molecule is CCNC(=O)C(Cc1ccccc1)N(Cc1cccc(Cl)c1)C(=O)CN(c1ccc(C)cc1)S(=O)(=O)c1ccc(OCC)cc1. The van der Waals surface area contributed by atoms with Crippen molar-refractivity contribution in [1.29, 1.82) is 0 Å². The Bertz CT molecular complexity index is 1680. The third kappa shape index (κ3) is 8.86. The number of nitrogens with zero attached hydrogens (tertiary/aromatic N) is 2. The number of halogens is 1. The Kier molecular flexibility index (Phi) is 11.6. The smallest absolute Gasteiger partial charge is 0.264 e. The second kappa shape index (κ2) is 15.6. The van der Waals surface area contributed by atoms with Gasteiger partial charge in [0.25, 0.3) is 10.0 Å². The van der Waals surface area contributed by atoms with Crippen molar-refractivity contribution in [1.82, 2.24) is 10.2 Å². The van der Waals surface area contributed by atoms with E-state index in [-0.39, 0.29) is 23.8 Å². The number of likely N-dealkylation sites (N-methyl/N-ethyl adjacent to an activating group) is 1. The van der Waals surface area contributed by atoms with Crippen LogP contribution in [0.4, 0.5) is 5.69 Å². The number of carbonyl (C=O) groups excluding carboxylic acids is 2. The van der Waals surface area contributed by atoms with Crippen LogP contribution in [0.25, 0.3) is 0 Å². The summed E-state index contributed by atoms with van der Waals surface area (Å²) in [6.45, 7) is 5.86. The van der Waals surface area contributed by atoms with E-state index in [0.717, 1.165) is 15.4 Å². The summed E-state index contributed by atoms with van der Waals surface area (Å²) >= 11 is 6.29. The van der Waals surface area contributed by atoms with Crippen LogP contribution in [0.3, 0.4) is 0 Å². The lowest BCUT2D eigenvalue weighted by atomic mass is 10.0. The molecule has 2 amide bonds. The average molecular weight is 648 g/mol. The average Bonchev–Trinajstić information content (AvgIpc) is 3.03. The number of ether oxygens (including phenoxy) is 1. The van der Waals surface area contributed by atoms with E-state index in [1.165, 1.54) is 17.0 Å². The molecule has 0 radical (unpaired) electrons. The summed E-state index contributed by atoms with van der Waals surface area (Å²) in [5.41, 5.74) is 2.82. The Balaban J connectivity index is 1.78. The van der Waals surface area contributed by atoms with Crippen LogP contribution in [0.1, 0.15) is 30.5 Å². The van der Waals surface area contributed by atoms with Crippen LogP contribution in [0.5, 0.6) is 5.75 Å². The van der Waals surface area contributed by atoms with Gasteiger partial charge in [-0.05, 0) is 80.4 Å². The Morgan fingerprint density at radius 3 is 2.16 bits per heavy atom. The molecule has 8 nitrogen and oxygen atoms in total. The van der Waals surface area contributed by atoms with Crippen molar-refractivity contribution >= 4 is 39.1 Å². The third-order valence-electron chi connectivity index (χ3n) is 7.19. The highest BCUT2D eigenvalue weighted by atomic mass is 35.5. The summed E-state index contributed by atoms with van der Waals surface area (Å²) in [4.78, 5) is 29.4. The minimum absolute atomic E-state index is 0.00489. The number of sulfonamides is 1. The molecule has 1 N–H and O–H groups in total. The maximum Gasteiger partial charge on any atom is 0.264 e. The van der Waals surface area contributed by atoms with Crippen molar-refractivity contribution in [3.63, 3.8) is 0 Å². The Morgan fingerprint density at radius 1 is 0.867 bits per heavy atom. The molecular weight excluding hydrogens is 610 g/mol. The number of amides is 2. The number of hydrogen-bond donors (Lipinski definition) is 1. The topological polar surface area (TPSA) is 96.0 Å². The first kappa shape index (κ1) is 33.6. The molecule has 236 valence electrons. The Hall–Kier alpha value is -4.34. The van der Waals surface area contributed by atoms with Crippen LogP contribution in [0, 0.1) is 6.92 Å². The van der Waals surface area contributed by atoms with Gasteiger partial charge in [-0.3, -0.25) is 13.9 Å². The second-order valence-electron chi connectivity index (χ2n) is 10.5. The molecule has 0 saturated heterocycles. The first-order chi connectivity index (χ1) is 21.6. The summed E-state index contributed by atoms with van der Waals surface area (Å²) in [6, 6.07) is 28.5. The van der Waals surface area contributed by atoms with Gasteiger partial charge in [-0.1, -0.05) is 71.8 Å². The first-order valence-corrected chi connectivity index (χ1v) is 16.6. The number of hydrogen-bond acceptors (Lipinski definition) is 5. The van der Waals surface area contributed by atoms with E-state index < -0.39 is 28.5 Å². The number of rotatable bonds is 14. The number of anilines is 1. The highest BCUT2D eigenvalue weighted by Crippen LogP contribution is 2.27. The van der Waals surface area contributed by atoms with Gasteiger partial charge in [-0.15, -0.1) is 0 Å². The van der Waals surface area contributed by atoms with E-state index in [2.05, 4.69) is 5.32 Å². The Labute approximate surface area is 270 Å². The molecule has 45 heavy (non-hydrogen) atoms. The van der Waals surface area contributed by atoms with Crippen molar-refractivity contribution in [2.75, 3.05) is 24.0 Å². The van der Waals surface area contributed by atoms with Crippen LogP contribution in [-0.4, -0.2) is 50.9 Å². The van der Waals surface area contributed by atoms with Crippen molar-refractivity contribution in [3.8, 4) is 5.75 Å². The van der Waals surface area contributed by atoms with Gasteiger partial charge in [0.15, 0.2) is 0 Å². The fraction of sp³-hybridized carbons (Fsp3) is 0.257. The highest BCUT2D eigenvalue weighted by molar-refractivity contribution is 7.92. The molecule has 1 atom stereocenters. The van der Waals surface area contributed by atoms with E-state index in [1.54, 1.807) is 54.6 Å². The maximum atomic E-state index is 14.4. The fourth-order valence-electron chi connectivity index (χ4n) is 4.92. The van der Waals surface area contributed by atoms with Crippen molar-refractivity contribution in [2.45, 2.75) is 44.7 Å². The van der Waals surface area contributed by atoms with Gasteiger partial charge in [-0.25, -0.2) is 8.42 Å². The molecule has 4 aromatic carbocycles. The molecule has 0 aliphatic rings. The molecule has 0 aromatic heterocycles. The van der Waals surface area contributed by atoms with E-state index >= 15 is 0 Å². The maximum absolute atomic E-state index is 14.4. The quantitative estimate of drug-likeness (QED) is 0.181. The molecule has 10 heteroatoms. The summed E-state index contributed by atoms with van der Waals surface area (Å²) in [6.07, 6.45) is 0.231. The molecule has 0 saturated carbocycles. The summed E-state index contributed by atoms with van der Waals surface area (Å²) < 4.78 is 34.9. The standard InChI is InChI=1S/C35H38ClN3O5S/c1-4-37-35(41)33(23-27-10-7-6-8-11-27)38(24-28-12-9-13-29(36)22-28)34(40)25-39(30-16-14-26(3)15-17-30)45(42,43)32-20-18-31(19-21-32)44-5-2/h6-22,33H,4-5,23-25H2,1-3H3,(H,37,41). The van der Waals surface area contributed by atoms with Gasteiger partial charge >= 0.3 is 0 Å². The second-order valence-corrected chi connectivity index (χ2v) is 12.8. The van der Waals surface area contributed by atoms with Crippen molar-refractivity contribution in [3.05, 3.63) is 125 Å². The van der Waals surface area contributed by atoms with Gasteiger partial charge in [0, 0.05) is 24.5 Å². The molecular formula is C35H38ClN3O5S. The molecule has 4 aromatic rings. The number of nitrogens with one attached hydrogen (secondary N) is 1. The van der Waals surface area contributed by atoms with Gasteiger partial charge in [0.2, 0.25) is 11.8 Å². The molecule has 0 bridgehead atoms. The van der Waals surface area contributed by atoms with Crippen LogP contribution in [0.2, 0.25) is 5.02 Å². The zero-order valence-corrected chi connectivity index (χ0v) is 27.2. The number of carbonyl (C=O) groups is 2. The molecule has 0 spiro atoms. The highest BCUT2D eigenvalue weighted by Gasteiger charge is 2.34. The van der Waals surface area contributed by atoms with E-state index in [1.807, 2.05) is 57.2 Å². The zero-order chi connectivity index (χ0) is 32.4. The predicted octanol–water partition coefficient (Wildman–Crippen LogP) is 6.02. The normalized spacial score (nSPS) is 11.8. The molecule has 0 aliphatic heterocycles. The molecule has 0 fully saturated rings. The van der Waals surface area contributed by atoms with Gasteiger partial charge in [0.05, 0.1) is 17.2 Å². The number of benzene rings is 4. The van der Waals surface area contributed by atoms with Crippen LogP contribution >= 0.6 is 11.6 Å². The van der Waals surface area contributed by atoms with Crippen LogP contribution in [0.15, 0.2) is 108 Å². The minimum atomic E-state index is -4.21. The fourth-order valence-corrected chi connectivity index (χ4v) is 6.55. The molecule has 1 unspecified atom stereocenters. The predicted molar refractivity (Wildman–Crippen MR) is 178 cm³/mol. The number of aryl methyl sites for hydroxylation is 1. The molecule has 0 heterocycles. The summed E-state index contributed by atoms with van der Waals surface area (Å²) in [7, 11) is -4.21. The lowest BCUT2D eigenvalue weighted by Gasteiger charge is -2.34. The van der Waals surface area contributed by atoms with E-state index in [4.69, 9.17) is 16.3 Å². The lowest BCUT2D eigenvalue weighted by molar-refractivity contribution is -0.140. The minimum Gasteiger partial charge on any atom is -0.494 e. The largest absolute Gasteiger partial charge is 0.494 e. The molecule has 0 aliphatic carbocycles.